The first-order valence-electron chi connectivity index (χ1n) is 11.1. The van der Waals surface area contributed by atoms with Crippen molar-refractivity contribution in [1.29, 1.82) is 0 Å². The Morgan fingerprint density at radius 2 is 1.64 bits per heavy atom. The van der Waals surface area contributed by atoms with Crippen LogP contribution in [0.5, 0.6) is 17.2 Å². The van der Waals surface area contributed by atoms with Gasteiger partial charge in [-0.2, -0.15) is 13.2 Å². The molecule has 0 aliphatic carbocycles. The van der Waals surface area contributed by atoms with Gasteiger partial charge in [0, 0.05) is 18.6 Å². The summed E-state index contributed by atoms with van der Waals surface area (Å²) in [6, 6.07) is 8.73. The number of H-pyrrole nitrogens is 1. The van der Waals surface area contributed by atoms with Crippen LogP contribution in [-0.4, -0.2) is 71.7 Å². The van der Waals surface area contributed by atoms with E-state index in [1.54, 1.807) is 45.6 Å². The molecular weight excluding hydrogens is 527 g/mol. The van der Waals surface area contributed by atoms with Crippen LogP contribution >= 0.6 is 0 Å². The molecule has 39 heavy (non-hydrogen) atoms. The van der Waals surface area contributed by atoms with E-state index < -0.39 is 12.1 Å². The minimum atomic E-state index is -5.08. The van der Waals surface area contributed by atoms with Crippen LogP contribution in [0.3, 0.4) is 0 Å². The number of ether oxygens (including phenoxy) is 4. The summed E-state index contributed by atoms with van der Waals surface area (Å²) < 4.78 is 53.0. The number of rotatable bonds is 8. The van der Waals surface area contributed by atoms with Crippen molar-refractivity contribution in [3.8, 4) is 17.2 Å². The Kier molecular flexibility index (Phi) is 9.08. The molecule has 3 N–H and O–H groups in total. The molecule has 0 unspecified atom stereocenters. The molecule has 4 rings (SSSR count). The zero-order valence-electron chi connectivity index (χ0n) is 21.2. The number of fused-ring (bicyclic) bond motifs is 2. The Labute approximate surface area is 218 Å². The first kappa shape index (κ1) is 28.9. The Morgan fingerprint density at radius 3 is 2.26 bits per heavy atom. The predicted octanol–water partition coefficient (Wildman–Crippen LogP) is 3.59. The van der Waals surface area contributed by atoms with E-state index in [0.717, 1.165) is 11.1 Å². The summed E-state index contributed by atoms with van der Waals surface area (Å²) in [5.74, 6) is -0.504. The first-order valence-corrected chi connectivity index (χ1v) is 11.1. The predicted molar refractivity (Wildman–Crippen MR) is 134 cm³/mol. The van der Waals surface area contributed by atoms with Gasteiger partial charge in [0.2, 0.25) is 11.9 Å². The van der Waals surface area contributed by atoms with Gasteiger partial charge in [0.15, 0.2) is 11.5 Å². The van der Waals surface area contributed by atoms with Crippen molar-refractivity contribution in [3.63, 3.8) is 0 Å². The zero-order valence-corrected chi connectivity index (χ0v) is 21.2. The van der Waals surface area contributed by atoms with Crippen LogP contribution in [0.4, 0.5) is 25.1 Å². The summed E-state index contributed by atoms with van der Waals surface area (Å²) in [7, 11) is 4.74. The van der Waals surface area contributed by atoms with Crippen LogP contribution in [0.2, 0.25) is 0 Å². The zero-order chi connectivity index (χ0) is 28.7. The number of carboxylic acids is 1. The Hall–Kier alpha value is -4.66. The molecule has 0 bridgehead atoms. The number of anilines is 2. The fourth-order valence-corrected chi connectivity index (χ4v) is 3.28. The quantitative estimate of drug-likeness (QED) is 0.275. The maximum atomic E-state index is 12.6. The molecule has 0 saturated carbocycles. The van der Waals surface area contributed by atoms with E-state index in [1.165, 1.54) is 0 Å². The SMILES string of the molecule is COCCOc1ccc2nc(Nc3nc(C)c4cc(OC)c(OC)cc4n3)[nH]c(=O)c2c1.O=C(O)C(F)(F)F. The molecule has 0 fully saturated rings. The van der Waals surface area contributed by atoms with Crippen molar-refractivity contribution in [2.45, 2.75) is 13.1 Å². The van der Waals surface area contributed by atoms with E-state index >= 15 is 0 Å². The summed E-state index contributed by atoms with van der Waals surface area (Å²) >= 11 is 0. The number of aryl methyl sites for hydroxylation is 1. The van der Waals surface area contributed by atoms with Gasteiger partial charge in [-0.25, -0.2) is 19.7 Å². The van der Waals surface area contributed by atoms with E-state index in [2.05, 4.69) is 25.3 Å². The van der Waals surface area contributed by atoms with Gasteiger partial charge in [0.25, 0.3) is 5.56 Å². The number of benzene rings is 2. The van der Waals surface area contributed by atoms with Crippen LogP contribution in [0.25, 0.3) is 21.8 Å². The fraction of sp³-hybridized carbons (Fsp3) is 0.292. The topological polar surface area (TPSA) is 158 Å². The maximum Gasteiger partial charge on any atom is 0.490 e. The van der Waals surface area contributed by atoms with Gasteiger partial charge in [-0.3, -0.25) is 15.1 Å². The fourth-order valence-electron chi connectivity index (χ4n) is 3.28. The van der Waals surface area contributed by atoms with Gasteiger partial charge in [-0.1, -0.05) is 0 Å². The second kappa shape index (κ2) is 12.3. The van der Waals surface area contributed by atoms with E-state index in [1.807, 2.05) is 13.0 Å². The van der Waals surface area contributed by atoms with Gasteiger partial charge >= 0.3 is 12.1 Å². The lowest BCUT2D eigenvalue weighted by Gasteiger charge is -2.12. The molecule has 0 saturated heterocycles. The van der Waals surface area contributed by atoms with Crippen molar-refractivity contribution in [3.05, 3.63) is 46.4 Å². The van der Waals surface area contributed by atoms with Gasteiger partial charge in [-0.05, 0) is 31.2 Å². The molecule has 208 valence electrons. The lowest BCUT2D eigenvalue weighted by atomic mass is 10.1. The molecule has 0 aliphatic heterocycles. The molecular formula is C24H24F3N5O7. The van der Waals surface area contributed by atoms with Crippen LogP contribution in [-0.2, 0) is 9.53 Å². The van der Waals surface area contributed by atoms with Crippen LogP contribution in [0, 0.1) is 6.92 Å². The third kappa shape index (κ3) is 7.22. The lowest BCUT2D eigenvalue weighted by Crippen LogP contribution is -2.21. The summed E-state index contributed by atoms with van der Waals surface area (Å²) in [5.41, 5.74) is 1.61. The third-order valence-corrected chi connectivity index (χ3v) is 5.10. The molecule has 2 aromatic heterocycles. The van der Waals surface area contributed by atoms with Crippen molar-refractivity contribution in [1.82, 2.24) is 19.9 Å². The average molecular weight is 551 g/mol. The van der Waals surface area contributed by atoms with E-state index in [0.29, 0.717) is 52.8 Å². The van der Waals surface area contributed by atoms with Crippen molar-refractivity contribution in [2.24, 2.45) is 0 Å². The third-order valence-electron chi connectivity index (χ3n) is 5.10. The number of alkyl halides is 3. The number of hydrogen-bond acceptors (Lipinski definition) is 10. The highest BCUT2D eigenvalue weighted by molar-refractivity contribution is 5.86. The highest BCUT2D eigenvalue weighted by Crippen LogP contribution is 2.33. The summed E-state index contributed by atoms with van der Waals surface area (Å²) in [6.07, 6.45) is -5.08. The number of methoxy groups -OCH3 is 3. The molecule has 2 heterocycles. The average Bonchev–Trinajstić information content (AvgIpc) is 2.88. The van der Waals surface area contributed by atoms with E-state index in [-0.39, 0.29) is 11.5 Å². The number of aromatic amines is 1. The van der Waals surface area contributed by atoms with Gasteiger partial charge in [-0.15, -0.1) is 0 Å². The normalized spacial score (nSPS) is 11.1. The van der Waals surface area contributed by atoms with Crippen molar-refractivity contribution in [2.75, 3.05) is 39.9 Å². The molecule has 0 radical (unpaired) electrons. The Morgan fingerprint density at radius 1 is 0.974 bits per heavy atom. The standard InChI is InChI=1S/C22H23N5O5.C2HF3O2/c1-12-14-10-18(30-3)19(31-4)11-17(14)25-21(23-12)27-22-24-16-6-5-13(32-8-7-29-2)9-15(16)20(28)26-22;3-2(4,5)1(6)7/h5-6,9-11H,7-8H2,1-4H3,(H2,23,24,25,26,27,28);(H,6,7). The first-order chi connectivity index (χ1) is 18.5. The van der Waals surface area contributed by atoms with Gasteiger partial charge < -0.3 is 24.1 Å². The number of nitrogens with zero attached hydrogens (tertiary/aromatic N) is 3. The monoisotopic (exact) mass is 551 g/mol. The Bertz CT molecular complexity index is 1540. The lowest BCUT2D eigenvalue weighted by molar-refractivity contribution is -0.192. The summed E-state index contributed by atoms with van der Waals surface area (Å²) in [5, 5.41) is 11.4. The number of nitrogens with one attached hydrogen (secondary N) is 2. The van der Waals surface area contributed by atoms with Gasteiger partial charge in [0.1, 0.15) is 12.4 Å². The number of hydrogen-bond donors (Lipinski definition) is 3. The molecule has 15 heteroatoms. The van der Waals surface area contributed by atoms with E-state index in [4.69, 9.17) is 28.8 Å². The smallest absolute Gasteiger partial charge is 0.490 e. The highest BCUT2D eigenvalue weighted by Gasteiger charge is 2.38. The molecule has 4 aromatic rings. The Balaban J connectivity index is 0.000000532. The number of halogens is 3. The van der Waals surface area contributed by atoms with E-state index in [9.17, 15) is 18.0 Å². The molecule has 12 nitrogen and oxygen atoms in total. The number of aromatic nitrogens is 4. The molecule has 2 aromatic carbocycles. The molecule has 0 aliphatic rings. The van der Waals surface area contributed by atoms with Crippen LogP contribution < -0.4 is 25.1 Å². The summed E-state index contributed by atoms with van der Waals surface area (Å²) in [6.45, 7) is 2.71. The minimum Gasteiger partial charge on any atom is -0.493 e. The number of carbonyl (C=O) groups is 1. The van der Waals surface area contributed by atoms with Gasteiger partial charge in [0.05, 0.1) is 42.9 Å². The van der Waals surface area contributed by atoms with Crippen LogP contribution in [0.15, 0.2) is 35.1 Å². The molecule has 0 spiro atoms. The second-order valence-corrected chi connectivity index (χ2v) is 7.72. The minimum absolute atomic E-state index is 0.231. The second-order valence-electron chi connectivity index (χ2n) is 7.72. The van der Waals surface area contributed by atoms with Crippen molar-refractivity contribution >= 4 is 39.7 Å². The van der Waals surface area contributed by atoms with Crippen molar-refractivity contribution < 1.29 is 42.0 Å². The molecule has 0 atom stereocenters. The maximum absolute atomic E-state index is 12.6. The molecule has 0 amide bonds. The van der Waals surface area contributed by atoms with Crippen LogP contribution in [0.1, 0.15) is 5.69 Å². The largest absolute Gasteiger partial charge is 0.493 e. The highest BCUT2D eigenvalue weighted by atomic mass is 19.4. The number of aliphatic carboxylic acids is 1. The summed E-state index contributed by atoms with van der Waals surface area (Å²) in [4.78, 5) is 37.7. The number of carboxylic acid groups (broad SMARTS) is 1.